The third-order valence-corrected chi connectivity index (χ3v) is 5.39. The first-order valence-corrected chi connectivity index (χ1v) is 11.3. The van der Waals surface area contributed by atoms with Gasteiger partial charge in [-0.25, -0.2) is 0 Å². The summed E-state index contributed by atoms with van der Waals surface area (Å²) < 4.78 is 5.24. The van der Waals surface area contributed by atoms with E-state index in [1.165, 1.54) is 0 Å². The van der Waals surface area contributed by atoms with Crippen molar-refractivity contribution in [1.29, 1.82) is 0 Å². The monoisotopic (exact) mass is 432 g/mol. The number of carbonyl (C=O) groups excluding carboxylic acids is 2. The molecule has 174 valence electrons. The Balaban J connectivity index is 1.86. The molecule has 1 atom stereocenters. The molecule has 1 aromatic rings. The van der Waals surface area contributed by atoms with Crippen molar-refractivity contribution in [2.45, 2.75) is 52.6 Å². The van der Waals surface area contributed by atoms with Crippen LogP contribution in [0.4, 0.5) is 0 Å². The second-order valence-corrected chi connectivity index (χ2v) is 9.77. The number of methoxy groups -OCH3 is 1. The highest BCUT2D eigenvalue weighted by Crippen LogP contribution is 2.24. The average molecular weight is 433 g/mol. The maximum atomic E-state index is 12.8. The second-order valence-electron chi connectivity index (χ2n) is 9.77. The smallest absolute Gasteiger partial charge is 0.234 e. The summed E-state index contributed by atoms with van der Waals surface area (Å²) >= 11 is 0. The van der Waals surface area contributed by atoms with Gasteiger partial charge >= 0.3 is 0 Å². The Kier molecular flexibility index (Phi) is 9.32. The molecule has 0 aliphatic carbocycles. The first kappa shape index (κ1) is 25.1. The van der Waals surface area contributed by atoms with Gasteiger partial charge in [0.15, 0.2) is 0 Å². The van der Waals surface area contributed by atoms with E-state index in [-0.39, 0.29) is 29.3 Å². The summed E-state index contributed by atoms with van der Waals surface area (Å²) in [4.78, 5) is 29.4. The van der Waals surface area contributed by atoms with Gasteiger partial charge in [0.1, 0.15) is 5.75 Å². The predicted molar refractivity (Wildman–Crippen MR) is 124 cm³/mol. The van der Waals surface area contributed by atoms with Gasteiger partial charge in [-0.3, -0.25) is 19.4 Å². The lowest BCUT2D eigenvalue weighted by atomic mass is 9.96. The van der Waals surface area contributed by atoms with Gasteiger partial charge in [0.05, 0.1) is 26.2 Å². The number of ether oxygens (including phenoxy) is 1. The molecule has 2 rings (SSSR count). The first-order chi connectivity index (χ1) is 14.6. The van der Waals surface area contributed by atoms with Crippen molar-refractivity contribution in [3.8, 4) is 5.75 Å². The Morgan fingerprint density at radius 1 is 0.968 bits per heavy atom. The largest absolute Gasteiger partial charge is 0.497 e. The molecular weight excluding hydrogens is 392 g/mol. The number of nitrogens with one attached hydrogen (secondary N) is 2. The molecule has 0 spiro atoms. The number of benzene rings is 1. The van der Waals surface area contributed by atoms with Crippen LogP contribution in [0.2, 0.25) is 0 Å². The predicted octanol–water partition coefficient (Wildman–Crippen LogP) is 2.43. The Bertz CT molecular complexity index is 713. The maximum absolute atomic E-state index is 12.8. The minimum Gasteiger partial charge on any atom is -0.497 e. The van der Waals surface area contributed by atoms with Crippen LogP contribution < -0.4 is 15.4 Å². The van der Waals surface area contributed by atoms with Crippen LogP contribution in [0.5, 0.6) is 5.75 Å². The fourth-order valence-electron chi connectivity index (χ4n) is 3.87. The third kappa shape index (κ3) is 8.87. The van der Waals surface area contributed by atoms with E-state index < -0.39 is 0 Å². The molecule has 0 bridgehead atoms. The maximum Gasteiger partial charge on any atom is 0.234 e. The molecule has 7 nitrogen and oxygen atoms in total. The summed E-state index contributed by atoms with van der Waals surface area (Å²) in [7, 11) is 1.65. The van der Waals surface area contributed by atoms with E-state index in [0.717, 1.165) is 43.9 Å². The van der Waals surface area contributed by atoms with Crippen LogP contribution in [0.3, 0.4) is 0 Å². The Hall–Kier alpha value is -2.12. The van der Waals surface area contributed by atoms with Crippen molar-refractivity contribution in [2.75, 3.05) is 46.4 Å². The SMILES string of the molecule is COc1ccc(C(NC(=O)CN2CCCN(CC(=O)NC(C)(C)C)CC2)C(C)C)cc1. The Labute approximate surface area is 187 Å². The fourth-order valence-corrected chi connectivity index (χ4v) is 3.87. The quantitative estimate of drug-likeness (QED) is 0.660. The lowest BCUT2D eigenvalue weighted by Crippen LogP contribution is -2.46. The molecule has 7 heteroatoms. The van der Waals surface area contributed by atoms with Crippen LogP contribution >= 0.6 is 0 Å². The average Bonchev–Trinajstić information content (AvgIpc) is 2.89. The van der Waals surface area contributed by atoms with Gasteiger partial charge in [0.2, 0.25) is 11.8 Å². The topological polar surface area (TPSA) is 73.9 Å². The minimum atomic E-state index is -0.218. The molecule has 2 N–H and O–H groups in total. The van der Waals surface area contributed by atoms with E-state index in [1.54, 1.807) is 7.11 Å². The molecule has 1 aromatic carbocycles. The molecule has 1 unspecified atom stereocenters. The van der Waals surface area contributed by atoms with Crippen molar-refractivity contribution in [2.24, 2.45) is 5.92 Å². The van der Waals surface area contributed by atoms with Crippen LogP contribution in [-0.4, -0.2) is 73.5 Å². The van der Waals surface area contributed by atoms with Crippen LogP contribution in [0.1, 0.15) is 52.6 Å². The summed E-state index contributed by atoms with van der Waals surface area (Å²) in [6.07, 6.45) is 0.947. The Morgan fingerprint density at radius 2 is 1.52 bits per heavy atom. The third-order valence-electron chi connectivity index (χ3n) is 5.39. The van der Waals surface area contributed by atoms with Crippen molar-refractivity contribution in [3.63, 3.8) is 0 Å². The number of carbonyl (C=O) groups is 2. The summed E-state index contributed by atoms with van der Waals surface area (Å²) in [5.74, 6) is 1.17. The van der Waals surface area contributed by atoms with Crippen molar-refractivity contribution >= 4 is 11.8 Å². The zero-order valence-corrected chi connectivity index (χ0v) is 20.0. The van der Waals surface area contributed by atoms with Crippen LogP contribution in [0, 0.1) is 5.92 Å². The summed E-state index contributed by atoms with van der Waals surface area (Å²) in [5.41, 5.74) is 0.861. The van der Waals surface area contributed by atoms with E-state index in [1.807, 2.05) is 45.0 Å². The highest BCUT2D eigenvalue weighted by molar-refractivity contribution is 5.79. The molecule has 1 saturated heterocycles. The first-order valence-electron chi connectivity index (χ1n) is 11.3. The van der Waals surface area contributed by atoms with Gasteiger partial charge in [-0.05, 0) is 63.9 Å². The van der Waals surface area contributed by atoms with E-state index in [4.69, 9.17) is 4.74 Å². The molecule has 0 radical (unpaired) electrons. The zero-order valence-electron chi connectivity index (χ0n) is 20.0. The number of amides is 2. The Morgan fingerprint density at radius 3 is 2.00 bits per heavy atom. The molecular formula is C24H40N4O3. The second kappa shape index (κ2) is 11.5. The molecule has 1 aliphatic heterocycles. The molecule has 0 aromatic heterocycles. The van der Waals surface area contributed by atoms with Gasteiger partial charge < -0.3 is 15.4 Å². The van der Waals surface area contributed by atoms with E-state index in [9.17, 15) is 9.59 Å². The standard InChI is InChI=1S/C24H40N4O3/c1-18(2)23(19-8-10-20(31-6)11-9-19)25-21(29)16-27-12-7-13-28(15-14-27)17-22(30)26-24(3,4)5/h8-11,18,23H,7,12-17H2,1-6H3,(H,25,29)(H,26,30). The molecule has 31 heavy (non-hydrogen) atoms. The molecule has 0 saturated carbocycles. The fraction of sp³-hybridized carbons (Fsp3) is 0.667. The van der Waals surface area contributed by atoms with Crippen molar-refractivity contribution in [1.82, 2.24) is 20.4 Å². The highest BCUT2D eigenvalue weighted by atomic mass is 16.5. The number of nitrogens with zero attached hydrogens (tertiary/aromatic N) is 2. The lowest BCUT2D eigenvalue weighted by molar-refractivity contribution is -0.124. The normalized spacial score (nSPS) is 17.1. The van der Waals surface area contributed by atoms with Crippen molar-refractivity contribution < 1.29 is 14.3 Å². The highest BCUT2D eigenvalue weighted by Gasteiger charge is 2.23. The van der Waals surface area contributed by atoms with Gasteiger partial charge in [0.25, 0.3) is 0 Å². The summed E-state index contributed by atoms with van der Waals surface area (Å²) in [5, 5.41) is 6.23. The van der Waals surface area contributed by atoms with Crippen LogP contribution in [0.25, 0.3) is 0 Å². The minimum absolute atomic E-state index is 0.0356. The van der Waals surface area contributed by atoms with Crippen molar-refractivity contribution in [3.05, 3.63) is 29.8 Å². The lowest BCUT2D eigenvalue weighted by Gasteiger charge is -2.26. The van der Waals surface area contributed by atoms with Gasteiger partial charge in [-0.15, -0.1) is 0 Å². The van der Waals surface area contributed by atoms with Crippen LogP contribution in [-0.2, 0) is 9.59 Å². The van der Waals surface area contributed by atoms with E-state index in [0.29, 0.717) is 13.1 Å². The summed E-state index contributed by atoms with van der Waals surface area (Å²) in [6, 6.07) is 7.83. The van der Waals surface area contributed by atoms with Crippen LogP contribution in [0.15, 0.2) is 24.3 Å². The molecule has 2 amide bonds. The van der Waals surface area contributed by atoms with Gasteiger partial charge in [-0.2, -0.15) is 0 Å². The number of hydrogen-bond acceptors (Lipinski definition) is 5. The van der Waals surface area contributed by atoms with Gasteiger partial charge in [0, 0.05) is 18.6 Å². The summed E-state index contributed by atoms with van der Waals surface area (Å²) in [6.45, 7) is 14.3. The van der Waals surface area contributed by atoms with E-state index in [2.05, 4.69) is 34.3 Å². The number of hydrogen-bond donors (Lipinski definition) is 2. The molecule has 1 fully saturated rings. The molecule has 1 aliphatic rings. The zero-order chi connectivity index (χ0) is 23.0. The van der Waals surface area contributed by atoms with E-state index >= 15 is 0 Å². The number of rotatable bonds is 8. The molecule has 1 heterocycles. The van der Waals surface area contributed by atoms with Gasteiger partial charge in [-0.1, -0.05) is 26.0 Å².